The first-order valence-electron chi connectivity index (χ1n) is 4.49. The number of aromatic carboxylic acids is 1. The first kappa shape index (κ1) is 9.93. The Morgan fingerprint density at radius 1 is 1.38 bits per heavy atom. The molecule has 78 valence electrons. The maximum absolute atomic E-state index is 10.6. The van der Waals surface area contributed by atoms with E-state index in [4.69, 9.17) is 10.4 Å². The summed E-state index contributed by atoms with van der Waals surface area (Å²) >= 11 is 0. The predicted molar refractivity (Wildman–Crippen MR) is 55.2 cm³/mol. The molecule has 0 saturated carbocycles. The largest absolute Gasteiger partial charge is 0.478 e. The molecule has 0 spiro atoms. The quantitative estimate of drug-likeness (QED) is 0.818. The SMILES string of the molecule is N#Cc1cnn(-c2ccc(C(=O)O)cc2)c1. The van der Waals surface area contributed by atoms with Crippen LogP contribution in [0.15, 0.2) is 36.7 Å². The number of carbonyl (C=O) groups is 1. The molecule has 5 heteroatoms. The monoisotopic (exact) mass is 213 g/mol. The summed E-state index contributed by atoms with van der Waals surface area (Å²) in [6, 6.07) is 8.23. The second kappa shape index (κ2) is 3.87. The molecule has 0 bridgehead atoms. The van der Waals surface area contributed by atoms with Gasteiger partial charge in [0, 0.05) is 6.20 Å². The molecule has 0 aliphatic carbocycles. The zero-order valence-corrected chi connectivity index (χ0v) is 8.16. The Morgan fingerprint density at radius 3 is 2.56 bits per heavy atom. The molecule has 1 N–H and O–H groups in total. The molecule has 0 atom stereocenters. The maximum Gasteiger partial charge on any atom is 0.335 e. The minimum absolute atomic E-state index is 0.219. The van der Waals surface area contributed by atoms with Crippen LogP contribution in [-0.2, 0) is 0 Å². The zero-order valence-electron chi connectivity index (χ0n) is 8.16. The number of carboxylic acids is 1. The standard InChI is InChI=1S/C11H7N3O2/c12-5-8-6-13-14(7-8)10-3-1-9(2-4-10)11(15)16/h1-4,6-7H,(H,15,16). The maximum atomic E-state index is 10.6. The highest BCUT2D eigenvalue weighted by molar-refractivity contribution is 5.87. The fourth-order valence-electron chi connectivity index (χ4n) is 1.28. The summed E-state index contributed by atoms with van der Waals surface area (Å²) in [4.78, 5) is 10.6. The van der Waals surface area contributed by atoms with Crippen molar-refractivity contribution in [2.75, 3.05) is 0 Å². The Bertz CT molecular complexity index is 564. The van der Waals surface area contributed by atoms with E-state index in [0.29, 0.717) is 11.3 Å². The van der Waals surface area contributed by atoms with E-state index in [9.17, 15) is 4.79 Å². The van der Waals surface area contributed by atoms with Crippen molar-refractivity contribution >= 4 is 5.97 Å². The average Bonchev–Trinajstić information content (AvgIpc) is 2.77. The normalized spacial score (nSPS) is 9.69. The summed E-state index contributed by atoms with van der Waals surface area (Å²) in [7, 11) is 0. The van der Waals surface area contributed by atoms with Gasteiger partial charge in [-0.1, -0.05) is 0 Å². The van der Waals surface area contributed by atoms with Crippen LogP contribution in [0, 0.1) is 11.3 Å². The highest BCUT2D eigenvalue weighted by Crippen LogP contribution is 2.09. The Hall–Kier alpha value is -2.61. The van der Waals surface area contributed by atoms with Crippen LogP contribution in [0.5, 0.6) is 0 Å². The van der Waals surface area contributed by atoms with Gasteiger partial charge in [0.05, 0.1) is 23.0 Å². The lowest BCUT2D eigenvalue weighted by molar-refractivity contribution is 0.0697. The van der Waals surface area contributed by atoms with E-state index in [1.54, 1.807) is 18.3 Å². The van der Waals surface area contributed by atoms with Crippen LogP contribution in [-0.4, -0.2) is 20.9 Å². The third-order valence-electron chi connectivity index (χ3n) is 2.09. The van der Waals surface area contributed by atoms with Gasteiger partial charge >= 0.3 is 5.97 Å². The Morgan fingerprint density at radius 2 is 2.06 bits per heavy atom. The Balaban J connectivity index is 2.35. The minimum atomic E-state index is -0.968. The van der Waals surface area contributed by atoms with Gasteiger partial charge in [0.15, 0.2) is 0 Å². The molecule has 5 nitrogen and oxygen atoms in total. The molecule has 0 saturated heterocycles. The number of rotatable bonds is 2. The van der Waals surface area contributed by atoms with E-state index < -0.39 is 5.97 Å². The summed E-state index contributed by atoms with van der Waals surface area (Å²) in [6.45, 7) is 0. The Kier molecular flexibility index (Phi) is 2.40. The fraction of sp³-hybridized carbons (Fsp3) is 0. The topological polar surface area (TPSA) is 78.9 Å². The first-order valence-corrected chi connectivity index (χ1v) is 4.49. The van der Waals surface area contributed by atoms with Crippen molar-refractivity contribution in [3.8, 4) is 11.8 Å². The number of nitriles is 1. The second-order valence-electron chi connectivity index (χ2n) is 3.14. The molecule has 0 radical (unpaired) electrons. The average molecular weight is 213 g/mol. The van der Waals surface area contributed by atoms with Crippen LogP contribution < -0.4 is 0 Å². The third-order valence-corrected chi connectivity index (χ3v) is 2.09. The fourth-order valence-corrected chi connectivity index (χ4v) is 1.28. The van der Waals surface area contributed by atoms with Crippen LogP contribution in [0.1, 0.15) is 15.9 Å². The van der Waals surface area contributed by atoms with Gasteiger partial charge in [-0.25, -0.2) is 9.48 Å². The molecule has 1 aromatic heterocycles. The first-order chi connectivity index (χ1) is 7.70. The second-order valence-corrected chi connectivity index (χ2v) is 3.14. The highest BCUT2D eigenvalue weighted by atomic mass is 16.4. The molecule has 2 aromatic rings. The van der Waals surface area contributed by atoms with Crippen molar-refractivity contribution in [3.63, 3.8) is 0 Å². The molecule has 16 heavy (non-hydrogen) atoms. The van der Waals surface area contributed by atoms with Crippen molar-refractivity contribution in [3.05, 3.63) is 47.8 Å². The summed E-state index contributed by atoms with van der Waals surface area (Å²) in [5.41, 5.74) is 1.39. The van der Waals surface area contributed by atoms with Crippen molar-refractivity contribution < 1.29 is 9.90 Å². The number of hydrogen-bond acceptors (Lipinski definition) is 3. The van der Waals surface area contributed by atoms with Crippen molar-refractivity contribution in [1.82, 2.24) is 9.78 Å². The van der Waals surface area contributed by atoms with E-state index in [1.165, 1.54) is 23.0 Å². The summed E-state index contributed by atoms with van der Waals surface area (Å²) in [5.74, 6) is -0.968. The van der Waals surface area contributed by atoms with Crippen LogP contribution >= 0.6 is 0 Å². The summed E-state index contributed by atoms with van der Waals surface area (Å²) in [6.07, 6.45) is 3.03. The van der Waals surface area contributed by atoms with Crippen molar-refractivity contribution in [2.45, 2.75) is 0 Å². The number of hydrogen-bond donors (Lipinski definition) is 1. The lowest BCUT2D eigenvalue weighted by Crippen LogP contribution is -1.98. The molecule has 0 aliphatic rings. The van der Waals surface area contributed by atoms with E-state index in [2.05, 4.69) is 5.10 Å². The molecule has 0 amide bonds. The van der Waals surface area contributed by atoms with E-state index in [-0.39, 0.29) is 5.56 Å². The van der Waals surface area contributed by atoms with Gasteiger partial charge in [-0.2, -0.15) is 10.4 Å². The lowest BCUT2D eigenvalue weighted by atomic mass is 10.2. The van der Waals surface area contributed by atoms with E-state index in [1.807, 2.05) is 6.07 Å². The van der Waals surface area contributed by atoms with Gasteiger partial charge in [-0.15, -0.1) is 0 Å². The molecule has 1 heterocycles. The predicted octanol–water partition coefficient (Wildman–Crippen LogP) is 1.44. The molecule has 1 aromatic carbocycles. The number of nitrogens with zero attached hydrogens (tertiary/aromatic N) is 3. The van der Waals surface area contributed by atoms with Gasteiger partial charge in [0.1, 0.15) is 6.07 Å². The minimum Gasteiger partial charge on any atom is -0.478 e. The van der Waals surface area contributed by atoms with Gasteiger partial charge in [0.2, 0.25) is 0 Å². The molecule has 0 unspecified atom stereocenters. The van der Waals surface area contributed by atoms with Crippen molar-refractivity contribution in [1.29, 1.82) is 5.26 Å². The van der Waals surface area contributed by atoms with Gasteiger partial charge < -0.3 is 5.11 Å². The zero-order chi connectivity index (χ0) is 11.5. The van der Waals surface area contributed by atoms with Gasteiger partial charge in [-0.3, -0.25) is 0 Å². The molecular formula is C11H7N3O2. The summed E-state index contributed by atoms with van der Waals surface area (Å²) in [5, 5.41) is 21.3. The Labute approximate surface area is 91.2 Å². The lowest BCUT2D eigenvalue weighted by Gasteiger charge is -2.00. The summed E-state index contributed by atoms with van der Waals surface area (Å²) < 4.78 is 1.52. The van der Waals surface area contributed by atoms with Crippen LogP contribution in [0.3, 0.4) is 0 Å². The molecule has 2 rings (SSSR count). The number of benzene rings is 1. The van der Waals surface area contributed by atoms with Gasteiger partial charge in [-0.05, 0) is 24.3 Å². The van der Waals surface area contributed by atoms with Crippen LogP contribution in [0.2, 0.25) is 0 Å². The van der Waals surface area contributed by atoms with E-state index in [0.717, 1.165) is 0 Å². The molecular weight excluding hydrogens is 206 g/mol. The van der Waals surface area contributed by atoms with Crippen molar-refractivity contribution in [2.24, 2.45) is 0 Å². The highest BCUT2D eigenvalue weighted by Gasteiger charge is 2.03. The smallest absolute Gasteiger partial charge is 0.335 e. The number of aromatic nitrogens is 2. The van der Waals surface area contributed by atoms with Gasteiger partial charge in [0.25, 0.3) is 0 Å². The third kappa shape index (κ3) is 1.77. The number of carboxylic acid groups (broad SMARTS) is 1. The van der Waals surface area contributed by atoms with Crippen LogP contribution in [0.25, 0.3) is 5.69 Å². The molecule has 0 aliphatic heterocycles. The molecule has 0 fully saturated rings. The van der Waals surface area contributed by atoms with E-state index >= 15 is 0 Å². The van der Waals surface area contributed by atoms with Crippen LogP contribution in [0.4, 0.5) is 0 Å².